The average Bonchev–Trinajstić information content (AvgIpc) is 2.18. The van der Waals surface area contributed by atoms with E-state index in [2.05, 4.69) is 6.92 Å². The molecule has 0 amide bonds. The summed E-state index contributed by atoms with van der Waals surface area (Å²) in [7, 11) is 0. The van der Waals surface area contributed by atoms with Gasteiger partial charge in [-0.25, -0.2) is 0 Å². The molecule has 0 aromatic heterocycles. The Labute approximate surface area is 87.0 Å². The zero-order chi connectivity index (χ0) is 10.6. The minimum atomic E-state index is -0.0741. The lowest BCUT2D eigenvalue weighted by Crippen LogP contribution is -2.07. The number of hydrogen-bond acceptors (Lipinski definition) is 3. The highest BCUT2D eigenvalue weighted by molar-refractivity contribution is 5.69. The fourth-order valence-electron chi connectivity index (χ4n) is 1.20. The Balaban J connectivity index is 3.10. The van der Waals surface area contributed by atoms with Crippen LogP contribution in [0.4, 0.5) is 0 Å². The van der Waals surface area contributed by atoms with Crippen molar-refractivity contribution < 1.29 is 9.53 Å². The van der Waals surface area contributed by atoms with Crippen LogP contribution in [0.1, 0.15) is 51.9 Å². The molecule has 0 aliphatic rings. The first-order valence-electron chi connectivity index (χ1n) is 5.67. The molecule has 0 atom stereocenters. The van der Waals surface area contributed by atoms with Crippen LogP contribution in [0.3, 0.4) is 0 Å². The van der Waals surface area contributed by atoms with Crippen LogP contribution in [0.25, 0.3) is 0 Å². The van der Waals surface area contributed by atoms with Crippen LogP contribution in [0.5, 0.6) is 0 Å². The molecule has 0 aromatic rings. The van der Waals surface area contributed by atoms with Gasteiger partial charge in [0.1, 0.15) is 0 Å². The highest BCUT2D eigenvalue weighted by Crippen LogP contribution is 2.01. The number of ether oxygens (including phenoxy) is 1. The lowest BCUT2D eigenvalue weighted by Gasteiger charge is -2.03. The Morgan fingerprint density at radius 2 is 1.93 bits per heavy atom. The van der Waals surface area contributed by atoms with Gasteiger partial charge in [0, 0.05) is 6.42 Å². The summed E-state index contributed by atoms with van der Waals surface area (Å²) < 4.78 is 5.06. The quantitative estimate of drug-likeness (QED) is 0.460. The van der Waals surface area contributed by atoms with Crippen LogP contribution in [0.15, 0.2) is 0 Å². The molecule has 3 heteroatoms. The zero-order valence-electron chi connectivity index (χ0n) is 9.26. The SMILES string of the molecule is CCCCCCOC(=O)CCCCN. The largest absolute Gasteiger partial charge is 0.466 e. The highest BCUT2D eigenvalue weighted by Gasteiger charge is 2.01. The summed E-state index contributed by atoms with van der Waals surface area (Å²) in [6.07, 6.45) is 6.87. The Bertz CT molecular complexity index is 137. The number of nitrogens with two attached hydrogens (primary N) is 1. The second-order valence-electron chi connectivity index (χ2n) is 3.53. The van der Waals surface area contributed by atoms with Crippen LogP contribution >= 0.6 is 0 Å². The van der Waals surface area contributed by atoms with Crippen LogP contribution < -0.4 is 5.73 Å². The van der Waals surface area contributed by atoms with Crippen molar-refractivity contribution in [2.45, 2.75) is 51.9 Å². The smallest absolute Gasteiger partial charge is 0.305 e. The molecule has 0 aliphatic carbocycles. The van der Waals surface area contributed by atoms with E-state index >= 15 is 0 Å². The van der Waals surface area contributed by atoms with E-state index in [4.69, 9.17) is 10.5 Å². The van der Waals surface area contributed by atoms with E-state index < -0.39 is 0 Å². The van der Waals surface area contributed by atoms with Gasteiger partial charge in [-0.05, 0) is 25.8 Å². The van der Waals surface area contributed by atoms with Crippen molar-refractivity contribution in [2.75, 3.05) is 13.2 Å². The van der Waals surface area contributed by atoms with Gasteiger partial charge in [-0.1, -0.05) is 26.2 Å². The van der Waals surface area contributed by atoms with E-state index in [0.717, 1.165) is 25.7 Å². The van der Waals surface area contributed by atoms with Crippen molar-refractivity contribution in [3.63, 3.8) is 0 Å². The first-order chi connectivity index (χ1) is 6.81. The molecular weight excluding hydrogens is 178 g/mol. The Kier molecular flexibility index (Phi) is 10.1. The highest BCUT2D eigenvalue weighted by atomic mass is 16.5. The van der Waals surface area contributed by atoms with Crippen LogP contribution in [0, 0.1) is 0 Å². The molecule has 0 spiro atoms. The van der Waals surface area contributed by atoms with Gasteiger partial charge in [0.05, 0.1) is 6.61 Å². The number of carbonyl (C=O) groups is 1. The van der Waals surface area contributed by atoms with Gasteiger partial charge in [-0.2, -0.15) is 0 Å². The van der Waals surface area contributed by atoms with Crippen molar-refractivity contribution in [2.24, 2.45) is 5.73 Å². The van der Waals surface area contributed by atoms with Crippen molar-refractivity contribution >= 4 is 5.97 Å². The molecule has 84 valence electrons. The van der Waals surface area contributed by atoms with Gasteiger partial charge < -0.3 is 10.5 Å². The number of unbranched alkanes of at least 4 members (excludes halogenated alkanes) is 4. The minimum absolute atomic E-state index is 0.0741. The maximum absolute atomic E-state index is 11.1. The normalized spacial score (nSPS) is 10.1. The summed E-state index contributed by atoms with van der Waals surface area (Å²) in [6.45, 7) is 3.41. The third kappa shape index (κ3) is 9.52. The van der Waals surface area contributed by atoms with Gasteiger partial charge in [0.2, 0.25) is 0 Å². The molecule has 0 fully saturated rings. The van der Waals surface area contributed by atoms with E-state index in [1.54, 1.807) is 0 Å². The molecular formula is C11H23NO2. The van der Waals surface area contributed by atoms with Crippen LogP contribution in [0.2, 0.25) is 0 Å². The van der Waals surface area contributed by atoms with Gasteiger partial charge in [-0.15, -0.1) is 0 Å². The summed E-state index contributed by atoms with van der Waals surface area (Å²) in [4.78, 5) is 11.1. The lowest BCUT2D eigenvalue weighted by molar-refractivity contribution is -0.143. The fourth-order valence-corrected chi connectivity index (χ4v) is 1.20. The molecule has 0 aromatic carbocycles. The molecule has 3 nitrogen and oxygen atoms in total. The maximum Gasteiger partial charge on any atom is 0.305 e. The topological polar surface area (TPSA) is 52.3 Å². The number of rotatable bonds is 9. The Morgan fingerprint density at radius 3 is 2.57 bits per heavy atom. The second kappa shape index (κ2) is 10.5. The molecule has 0 heterocycles. The molecule has 0 bridgehead atoms. The third-order valence-corrected chi connectivity index (χ3v) is 2.10. The standard InChI is InChI=1S/C11H23NO2/c1-2-3-4-7-10-14-11(13)8-5-6-9-12/h2-10,12H2,1H3. The van der Waals surface area contributed by atoms with Crippen molar-refractivity contribution in [3.8, 4) is 0 Å². The Hall–Kier alpha value is -0.570. The average molecular weight is 201 g/mol. The van der Waals surface area contributed by atoms with Crippen molar-refractivity contribution in [1.82, 2.24) is 0 Å². The second-order valence-corrected chi connectivity index (χ2v) is 3.53. The predicted octanol–water partition coefficient (Wildman–Crippen LogP) is 2.24. The third-order valence-electron chi connectivity index (χ3n) is 2.10. The summed E-state index contributed by atoms with van der Waals surface area (Å²) in [5.41, 5.74) is 5.32. The molecule has 0 saturated carbocycles. The molecule has 0 rings (SSSR count). The van der Waals surface area contributed by atoms with E-state index in [1.165, 1.54) is 12.8 Å². The molecule has 0 unspecified atom stereocenters. The van der Waals surface area contributed by atoms with Crippen LogP contribution in [-0.2, 0) is 9.53 Å². The molecule has 0 aliphatic heterocycles. The van der Waals surface area contributed by atoms with Gasteiger partial charge in [0.15, 0.2) is 0 Å². The van der Waals surface area contributed by atoms with Crippen LogP contribution in [-0.4, -0.2) is 19.1 Å². The molecule has 0 saturated heterocycles. The first-order valence-corrected chi connectivity index (χ1v) is 5.67. The summed E-state index contributed by atoms with van der Waals surface area (Å²) in [5.74, 6) is -0.0741. The monoisotopic (exact) mass is 201 g/mol. The first kappa shape index (κ1) is 13.4. The summed E-state index contributed by atoms with van der Waals surface area (Å²) >= 11 is 0. The number of carbonyl (C=O) groups excluding carboxylic acids is 1. The zero-order valence-corrected chi connectivity index (χ0v) is 9.26. The van der Waals surface area contributed by atoms with E-state index in [1.807, 2.05) is 0 Å². The van der Waals surface area contributed by atoms with Gasteiger partial charge in [-0.3, -0.25) is 4.79 Å². The van der Waals surface area contributed by atoms with E-state index in [9.17, 15) is 4.79 Å². The number of esters is 1. The fraction of sp³-hybridized carbons (Fsp3) is 0.909. The number of hydrogen-bond donors (Lipinski definition) is 1. The molecule has 14 heavy (non-hydrogen) atoms. The van der Waals surface area contributed by atoms with E-state index in [-0.39, 0.29) is 5.97 Å². The Morgan fingerprint density at radius 1 is 1.14 bits per heavy atom. The van der Waals surface area contributed by atoms with Crippen molar-refractivity contribution in [1.29, 1.82) is 0 Å². The maximum atomic E-state index is 11.1. The minimum Gasteiger partial charge on any atom is -0.466 e. The van der Waals surface area contributed by atoms with Crippen molar-refractivity contribution in [3.05, 3.63) is 0 Å². The summed E-state index contributed by atoms with van der Waals surface area (Å²) in [5, 5.41) is 0. The molecule has 0 radical (unpaired) electrons. The van der Waals surface area contributed by atoms with E-state index in [0.29, 0.717) is 19.6 Å². The molecule has 2 N–H and O–H groups in total. The lowest BCUT2D eigenvalue weighted by atomic mass is 10.2. The predicted molar refractivity (Wildman–Crippen MR) is 58.0 cm³/mol. The summed E-state index contributed by atoms with van der Waals surface area (Å²) in [6, 6.07) is 0. The van der Waals surface area contributed by atoms with Gasteiger partial charge in [0.25, 0.3) is 0 Å². The van der Waals surface area contributed by atoms with Gasteiger partial charge >= 0.3 is 5.97 Å².